The van der Waals surface area contributed by atoms with Gasteiger partial charge in [-0.2, -0.15) is 0 Å². The van der Waals surface area contributed by atoms with Crippen LogP contribution in [0.25, 0.3) is 0 Å². The van der Waals surface area contributed by atoms with Crippen molar-refractivity contribution in [3.63, 3.8) is 0 Å². The summed E-state index contributed by atoms with van der Waals surface area (Å²) in [4.78, 5) is 0. The lowest BCUT2D eigenvalue weighted by Crippen LogP contribution is -2.54. The third-order valence-corrected chi connectivity index (χ3v) is 3.10. The van der Waals surface area contributed by atoms with Crippen molar-refractivity contribution in [1.82, 2.24) is 0 Å². The topological polar surface area (TPSA) is 0 Å². The van der Waals surface area contributed by atoms with Crippen LogP contribution in [0.5, 0.6) is 0 Å². The molecule has 0 saturated heterocycles. The van der Waals surface area contributed by atoms with Crippen LogP contribution in [0.4, 0.5) is 0 Å². The minimum Gasteiger partial charge on any atom is -0.322 e. The predicted octanol–water partition coefficient (Wildman–Crippen LogP) is 3.44. The molecule has 0 heterocycles. The van der Waals surface area contributed by atoms with Crippen LogP contribution in [0.15, 0.2) is 0 Å². The second kappa shape index (κ2) is 6.42. The molecule has 0 aliphatic rings. The molecule has 0 unspecified atom stereocenters. The van der Waals surface area contributed by atoms with Crippen molar-refractivity contribution in [3.05, 3.63) is 0 Å². The van der Waals surface area contributed by atoms with Crippen LogP contribution in [0.3, 0.4) is 0 Å². The minimum atomic E-state index is 0.792. The molecule has 0 aromatic carbocycles. The van der Waals surface area contributed by atoms with Gasteiger partial charge in [-0.3, -0.25) is 0 Å². The van der Waals surface area contributed by atoms with E-state index in [4.69, 9.17) is 0 Å². The van der Waals surface area contributed by atoms with Gasteiger partial charge in [-0.25, -0.2) is 0 Å². The zero-order valence-corrected chi connectivity index (χ0v) is 10.3. The highest BCUT2D eigenvalue weighted by molar-refractivity contribution is 4.49. The maximum Gasteiger partial charge on any atom is 0.0833 e. The van der Waals surface area contributed by atoms with Gasteiger partial charge in [-0.15, -0.1) is 0 Å². The normalized spacial score (nSPS) is 12.5. The van der Waals surface area contributed by atoms with Gasteiger partial charge in [0.05, 0.1) is 25.7 Å². The van der Waals surface area contributed by atoms with Crippen molar-refractivity contribution in [2.24, 2.45) is 0 Å². The van der Waals surface area contributed by atoms with E-state index < -0.39 is 0 Å². The predicted molar refractivity (Wildman–Crippen MR) is 60.9 cm³/mol. The standard InChI is InChI=1S/C12H28N/c1-6-9-13(10-7-2,11-8-3)12(4)5/h12H,6-11H2,1-5H3/q+1. The Labute approximate surface area is 84.7 Å². The molecule has 0 atom stereocenters. The van der Waals surface area contributed by atoms with E-state index in [1.54, 1.807) is 0 Å². The molecule has 0 radical (unpaired) electrons. The first kappa shape index (κ1) is 13.0. The second-order valence-electron chi connectivity index (χ2n) is 4.48. The van der Waals surface area contributed by atoms with E-state index in [2.05, 4.69) is 34.6 Å². The maximum atomic E-state index is 2.38. The first-order valence-corrected chi connectivity index (χ1v) is 5.98. The zero-order valence-electron chi connectivity index (χ0n) is 10.3. The number of hydrogen-bond acceptors (Lipinski definition) is 0. The van der Waals surface area contributed by atoms with Crippen molar-refractivity contribution in [2.45, 2.75) is 59.9 Å². The smallest absolute Gasteiger partial charge is 0.0833 e. The van der Waals surface area contributed by atoms with Crippen LogP contribution in [0.2, 0.25) is 0 Å². The van der Waals surface area contributed by atoms with Gasteiger partial charge < -0.3 is 4.48 Å². The summed E-state index contributed by atoms with van der Waals surface area (Å²) >= 11 is 0. The molecule has 0 N–H and O–H groups in total. The summed E-state index contributed by atoms with van der Waals surface area (Å²) in [6, 6.07) is 0.792. The highest BCUT2D eigenvalue weighted by atomic mass is 15.4. The summed E-state index contributed by atoms with van der Waals surface area (Å²) in [6.07, 6.45) is 3.95. The summed E-state index contributed by atoms with van der Waals surface area (Å²) in [5, 5.41) is 0. The Morgan fingerprint density at radius 2 is 1.08 bits per heavy atom. The molecule has 0 amide bonds. The molecule has 1 nitrogen and oxygen atoms in total. The van der Waals surface area contributed by atoms with Crippen LogP contribution in [0, 0.1) is 0 Å². The summed E-state index contributed by atoms with van der Waals surface area (Å²) in [7, 11) is 0. The summed E-state index contributed by atoms with van der Waals surface area (Å²) in [5.74, 6) is 0. The lowest BCUT2D eigenvalue weighted by atomic mass is 10.1. The second-order valence-corrected chi connectivity index (χ2v) is 4.48. The molecule has 0 aromatic rings. The van der Waals surface area contributed by atoms with Crippen LogP contribution >= 0.6 is 0 Å². The Hall–Kier alpha value is -0.0400. The third-order valence-electron chi connectivity index (χ3n) is 3.10. The zero-order chi connectivity index (χ0) is 10.3. The van der Waals surface area contributed by atoms with Gasteiger partial charge in [0.1, 0.15) is 0 Å². The first-order valence-electron chi connectivity index (χ1n) is 5.98. The lowest BCUT2D eigenvalue weighted by molar-refractivity contribution is -0.947. The number of rotatable bonds is 7. The van der Waals surface area contributed by atoms with Gasteiger partial charge in [-0.1, -0.05) is 20.8 Å². The number of nitrogens with zero attached hydrogens (tertiary/aromatic N) is 1. The largest absolute Gasteiger partial charge is 0.322 e. The third kappa shape index (κ3) is 3.68. The molecule has 1 heteroatoms. The SMILES string of the molecule is CCC[N+](CCC)(CCC)C(C)C. The van der Waals surface area contributed by atoms with E-state index in [1.807, 2.05) is 0 Å². The molecular formula is C12H28N+. The molecule has 0 aliphatic carbocycles. The highest BCUT2D eigenvalue weighted by Crippen LogP contribution is 2.16. The van der Waals surface area contributed by atoms with Crippen molar-refractivity contribution in [1.29, 1.82) is 0 Å². The average Bonchev–Trinajstić information content (AvgIpc) is 2.05. The molecule has 0 spiro atoms. The fraction of sp³-hybridized carbons (Fsp3) is 1.00. The van der Waals surface area contributed by atoms with Crippen molar-refractivity contribution in [2.75, 3.05) is 19.6 Å². The Morgan fingerprint density at radius 1 is 0.769 bits per heavy atom. The molecule has 0 saturated carbocycles. The quantitative estimate of drug-likeness (QED) is 0.534. The Morgan fingerprint density at radius 3 is 1.23 bits per heavy atom. The van der Waals surface area contributed by atoms with Gasteiger partial charge in [-0.05, 0) is 33.1 Å². The Balaban J connectivity index is 4.38. The van der Waals surface area contributed by atoms with Gasteiger partial charge in [0, 0.05) is 0 Å². The lowest BCUT2D eigenvalue weighted by Gasteiger charge is -2.42. The summed E-state index contributed by atoms with van der Waals surface area (Å²) in [5.41, 5.74) is 0. The molecule has 0 aliphatic heterocycles. The Kier molecular flexibility index (Phi) is 6.40. The molecule has 13 heavy (non-hydrogen) atoms. The number of quaternary nitrogens is 1. The average molecular weight is 186 g/mol. The summed E-state index contributed by atoms with van der Waals surface area (Å²) in [6.45, 7) is 15.8. The highest BCUT2D eigenvalue weighted by Gasteiger charge is 2.27. The molecule has 0 aromatic heterocycles. The van der Waals surface area contributed by atoms with Gasteiger partial charge in [0.15, 0.2) is 0 Å². The van der Waals surface area contributed by atoms with Crippen LogP contribution < -0.4 is 0 Å². The van der Waals surface area contributed by atoms with Crippen molar-refractivity contribution >= 4 is 0 Å². The first-order chi connectivity index (χ1) is 6.13. The van der Waals surface area contributed by atoms with Crippen molar-refractivity contribution in [3.8, 4) is 0 Å². The Bertz CT molecular complexity index is 101. The van der Waals surface area contributed by atoms with Gasteiger partial charge in [0.25, 0.3) is 0 Å². The minimum absolute atomic E-state index is 0.792. The van der Waals surface area contributed by atoms with Gasteiger partial charge in [0.2, 0.25) is 0 Å². The van der Waals surface area contributed by atoms with Crippen LogP contribution in [0.1, 0.15) is 53.9 Å². The van der Waals surface area contributed by atoms with E-state index in [1.165, 1.54) is 43.4 Å². The number of hydrogen-bond donors (Lipinski definition) is 0. The van der Waals surface area contributed by atoms with Crippen molar-refractivity contribution < 1.29 is 4.48 Å². The van der Waals surface area contributed by atoms with Crippen LogP contribution in [-0.4, -0.2) is 30.2 Å². The van der Waals surface area contributed by atoms with E-state index in [-0.39, 0.29) is 0 Å². The fourth-order valence-electron chi connectivity index (χ4n) is 2.45. The summed E-state index contributed by atoms with van der Waals surface area (Å²) < 4.78 is 1.34. The van der Waals surface area contributed by atoms with E-state index in [0.717, 1.165) is 6.04 Å². The van der Waals surface area contributed by atoms with E-state index >= 15 is 0 Å². The molecular weight excluding hydrogens is 158 g/mol. The molecule has 0 fully saturated rings. The maximum absolute atomic E-state index is 2.38. The molecule has 0 rings (SSSR count). The monoisotopic (exact) mass is 186 g/mol. The molecule has 0 bridgehead atoms. The van der Waals surface area contributed by atoms with Crippen LogP contribution in [-0.2, 0) is 0 Å². The van der Waals surface area contributed by atoms with E-state index in [0.29, 0.717) is 0 Å². The van der Waals surface area contributed by atoms with E-state index in [9.17, 15) is 0 Å². The molecule has 80 valence electrons. The fourth-order valence-corrected chi connectivity index (χ4v) is 2.45. The van der Waals surface area contributed by atoms with Gasteiger partial charge >= 0.3 is 0 Å².